The first-order valence-corrected chi connectivity index (χ1v) is 6.73. The summed E-state index contributed by atoms with van der Waals surface area (Å²) in [5, 5.41) is 0. The molecule has 0 radical (unpaired) electrons. The zero-order valence-electron chi connectivity index (χ0n) is 8.31. The van der Waals surface area contributed by atoms with Gasteiger partial charge in [0.25, 0.3) is 0 Å². The Hall–Kier alpha value is -0.920. The highest BCUT2D eigenvalue weighted by Crippen LogP contribution is 2.15. The second-order valence-corrected chi connectivity index (χ2v) is 5.75. The lowest BCUT2D eigenvalue weighted by Gasteiger charge is -2.05. The van der Waals surface area contributed by atoms with Crippen molar-refractivity contribution in [3.63, 3.8) is 0 Å². The van der Waals surface area contributed by atoms with E-state index in [9.17, 15) is 13.2 Å². The van der Waals surface area contributed by atoms with Gasteiger partial charge in [0.05, 0.1) is 4.90 Å². The molecule has 0 heterocycles. The van der Waals surface area contributed by atoms with Crippen molar-refractivity contribution in [3.05, 3.63) is 28.7 Å². The molecule has 5 nitrogen and oxygen atoms in total. The third-order valence-corrected chi connectivity index (χ3v) is 3.72. The van der Waals surface area contributed by atoms with Gasteiger partial charge in [0.15, 0.2) is 0 Å². The summed E-state index contributed by atoms with van der Waals surface area (Å²) in [5.74, 6) is -0.544. The van der Waals surface area contributed by atoms with E-state index in [1.54, 1.807) is 12.1 Å². The largest absolute Gasteiger partial charge is 0.370 e. The molecule has 1 aromatic rings. The van der Waals surface area contributed by atoms with Gasteiger partial charge in [-0.25, -0.2) is 13.1 Å². The molecule has 1 rings (SSSR count). The summed E-state index contributed by atoms with van der Waals surface area (Å²) >= 11 is 3.18. The molecule has 88 valence electrons. The molecule has 0 aliphatic heterocycles. The number of benzene rings is 1. The highest BCUT2D eigenvalue weighted by atomic mass is 79.9. The summed E-state index contributed by atoms with van der Waals surface area (Å²) in [6, 6.07) is 6.29. The smallest absolute Gasteiger partial charge is 0.240 e. The SMILES string of the molecule is NC(=O)CCNS(=O)(=O)c1cccc(Br)c1. The average molecular weight is 307 g/mol. The van der Waals surface area contributed by atoms with Gasteiger partial charge in [0.2, 0.25) is 15.9 Å². The van der Waals surface area contributed by atoms with Crippen molar-refractivity contribution in [3.8, 4) is 0 Å². The third-order valence-electron chi connectivity index (χ3n) is 1.77. The molecule has 3 N–H and O–H groups in total. The Bertz CT molecular complexity index is 487. The van der Waals surface area contributed by atoms with Crippen LogP contribution in [0.25, 0.3) is 0 Å². The molecule has 0 saturated carbocycles. The van der Waals surface area contributed by atoms with Gasteiger partial charge >= 0.3 is 0 Å². The van der Waals surface area contributed by atoms with E-state index in [-0.39, 0.29) is 17.9 Å². The van der Waals surface area contributed by atoms with E-state index in [0.29, 0.717) is 4.47 Å². The number of carbonyl (C=O) groups is 1. The van der Waals surface area contributed by atoms with Crippen LogP contribution in [0.5, 0.6) is 0 Å². The van der Waals surface area contributed by atoms with Crippen molar-refractivity contribution in [2.75, 3.05) is 6.54 Å². The molecule has 0 fully saturated rings. The van der Waals surface area contributed by atoms with Crippen molar-refractivity contribution in [1.82, 2.24) is 4.72 Å². The van der Waals surface area contributed by atoms with Crippen molar-refractivity contribution in [1.29, 1.82) is 0 Å². The number of rotatable bonds is 5. The van der Waals surface area contributed by atoms with Crippen LogP contribution in [0, 0.1) is 0 Å². The number of halogens is 1. The number of sulfonamides is 1. The molecular weight excluding hydrogens is 296 g/mol. The Morgan fingerprint density at radius 2 is 2.12 bits per heavy atom. The van der Waals surface area contributed by atoms with Gasteiger partial charge in [0.1, 0.15) is 0 Å². The van der Waals surface area contributed by atoms with Gasteiger partial charge in [0, 0.05) is 17.4 Å². The van der Waals surface area contributed by atoms with Gasteiger partial charge in [-0.1, -0.05) is 22.0 Å². The molecule has 0 aromatic heterocycles. The highest BCUT2D eigenvalue weighted by Gasteiger charge is 2.13. The molecular formula is C9H11BrN2O3S. The predicted octanol–water partition coefficient (Wildman–Crippen LogP) is 0.603. The highest BCUT2D eigenvalue weighted by molar-refractivity contribution is 9.10. The van der Waals surface area contributed by atoms with E-state index in [0.717, 1.165) is 0 Å². The molecule has 0 aliphatic carbocycles. The minimum Gasteiger partial charge on any atom is -0.370 e. The van der Waals surface area contributed by atoms with Crippen LogP contribution in [0.4, 0.5) is 0 Å². The van der Waals surface area contributed by atoms with Crippen LogP contribution in [0.15, 0.2) is 33.6 Å². The fourth-order valence-corrected chi connectivity index (χ4v) is 2.65. The summed E-state index contributed by atoms with van der Waals surface area (Å²) < 4.78 is 26.3. The Balaban J connectivity index is 2.74. The van der Waals surface area contributed by atoms with Gasteiger partial charge in [-0.15, -0.1) is 0 Å². The normalized spacial score (nSPS) is 11.3. The number of hydrogen-bond donors (Lipinski definition) is 2. The van der Waals surface area contributed by atoms with Crippen LogP contribution in [0.2, 0.25) is 0 Å². The second-order valence-electron chi connectivity index (χ2n) is 3.07. The summed E-state index contributed by atoms with van der Waals surface area (Å²) in [6.07, 6.45) is -0.0206. The summed E-state index contributed by atoms with van der Waals surface area (Å²) in [7, 11) is -3.57. The maximum atomic E-state index is 11.7. The molecule has 0 bridgehead atoms. The van der Waals surface area contributed by atoms with Crippen LogP contribution in [-0.2, 0) is 14.8 Å². The average Bonchev–Trinajstić information content (AvgIpc) is 2.16. The fourth-order valence-electron chi connectivity index (χ4n) is 1.03. The zero-order chi connectivity index (χ0) is 12.2. The molecule has 7 heteroatoms. The standard InChI is InChI=1S/C9H11BrN2O3S/c10-7-2-1-3-8(6-7)16(14,15)12-5-4-9(11)13/h1-3,6,12H,4-5H2,(H2,11,13). The van der Waals surface area contributed by atoms with Crippen molar-refractivity contribution < 1.29 is 13.2 Å². The van der Waals surface area contributed by atoms with Crippen LogP contribution in [0.1, 0.15) is 6.42 Å². The van der Waals surface area contributed by atoms with Gasteiger partial charge < -0.3 is 5.73 Å². The second kappa shape index (κ2) is 5.42. The fraction of sp³-hybridized carbons (Fsp3) is 0.222. The first kappa shape index (κ1) is 13.1. The minimum atomic E-state index is -3.57. The predicted molar refractivity (Wildman–Crippen MR) is 63.1 cm³/mol. The van der Waals surface area contributed by atoms with E-state index in [1.807, 2.05) is 0 Å². The molecule has 0 atom stereocenters. The Morgan fingerprint density at radius 3 is 2.69 bits per heavy atom. The van der Waals surface area contributed by atoms with E-state index in [1.165, 1.54) is 12.1 Å². The molecule has 16 heavy (non-hydrogen) atoms. The number of nitrogens with one attached hydrogen (secondary N) is 1. The quantitative estimate of drug-likeness (QED) is 0.835. The van der Waals surface area contributed by atoms with Gasteiger partial charge in [-0.3, -0.25) is 4.79 Å². The molecule has 0 saturated heterocycles. The van der Waals surface area contributed by atoms with E-state index in [2.05, 4.69) is 20.7 Å². The van der Waals surface area contributed by atoms with E-state index < -0.39 is 15.9 Å². The minimum absolute atomic E-state index is 0.00415. The van der Waals surface area contributed by atoms with Crippen molar-refractivity contribution in [2.24, 2.45) is 5.73 Å². The van der Waals surface area contributed by atoms with Gasteiger partial charge in [-0.05, 0) is 18.2 Å². The number of primary amides is 1. The maximum Gasteiger partial charge on any atom is 0.240 e. The molecule has 0 unspecified atom stereocenters. The monoisotopic (exact) mass is 306 g/mol. The number of hydrogen-bond acceptors (Lipinski definition) is 3. The first-order valence-electron chi connectivity index (χ1n) is 4.45. The number of nitrogens with two attached hydrogens (primary N) is 1. The van der Waals surface area contributed by atoms with Gasteiger partial charge in [-0.2, -0.15) is 0 Å². The molecule has 0 aliphatic rings. The van der Waals surface area contributed by atoms with Crippen LogP contribution in [0.3, 0.4) is 0 Å². The summed E-state index contributed by atoms with van der Waals surface area (Å²) in [5.41, 5.74) is 4.90. The van der Waals surface area contributed by atoms with Crippen LogP contribution >= 0.6 is 15.9 Å². The number of amides is 1. The lowest BCUT2D eigenvalue weighted by molar-refractivity contribution is -0.117. The molecule has 1 amide bonds. The summed E-state index contributed by atoms with van der Waals surface area (Å²) in [4.78, 5) is 10.6. The zero-order valence-corrected chi connectivity index (χ0v) is 10.7. The first-order chi connectivity index (χ1) is 7.42. The maximum absolute atomic E-state index is 11.7. The Morgan fingerprint density at radius 1 is 1.44 bits per heavy atom. The topological polar surface area (TPSA) is 89.3 Å². The summed E-state index contributed by atoms with van der Waals surface area (Å²) in [6.45, 7) is 0.00415. The Labute approximate surface area is 102 Å². The van der Waals surface area contributed by atoms with Crippen LogP contribution < -0.4 is 10.5 Å². The third kappa shape index (κ3) is 3.92. The van der Waals surface area contributed by atoms with Crippen molar-refractivity contribution in [2.45, 2.75) is 11.3 Å². The Kier molecular flexibility index (Phi) is 4.45. The van der Waals surface area contributed by atoms with E-state index in [4.69, 9.17) is 5.73 Å². The van der Waals surface area contributed by atoms with Crippen molar-refractivity contribution >= 4 is 31.9 Å². The van der Waals surface area contributed by atoms with E-state index >= 15 is 0 Å². The molecule has 0 spiro atoms. The number of carbonyl (C=O) groups excluding carboxylic acids is 1. The molecule has 1 aromatic carbocycles. The lowest BCUT2D eigenvalue weighted by atomic mass is 10.4. The lowest BCUT2D eigenvalue weighted by Crippen LogP contribution is -2.28. The van der Waals surface area contributed by atoms with Crippen LogP contribution in [-0.4, -0.2) is 20.9 Å².